The van der Waals surface area contributed by atoms with Crippen LogP contribution >= 0.6 is 0 Å². The smallest absolute Gasteiger partial charge is 0.261 e. The highest BCUT2D eigenvalue weighted by molar-refractivity contribution is 6.06. The highest BCUT2D eigenvalue weighted by atomic mass is 19.1. The van der Waals surface area contributed by atoms with Crippen LogP contribution in [0, 0.1) is 0 Å². The third-order valence-electron chi connectivity index (χ3n) is 5.88. The van der Waals surface area contributed by atoms with E-state index >= 15 is 0 Å². The first-order chi connectivity index (χ1) is 14.7. The van der Waals surface area contributed by atoms with Crippen LogP contribution < -0.4 is 5.56 Å². The summed E-state index contributed by atoms with van der Waals surface area (Å²) < 4.78 is 20.0. The zero-order valence-corrected chi connectivity index (χ0v) is 16.6. The van der Waals surface area contributed by atoms with Crippen LogP contribution in [0.1, 0.15) is 35.7 Å². The van der Waals surface area contributed by atoms with Gasteiger partial charge in [-0.3, -0.25) is 14.3 Å². The Morgan fingerprint density at radius 2 is 1.83 bits per heavy atom. The van der Waals surface area contributed by atoms with E-state index in [0.717, 1.165) is 40.3 Å². The van der Waals surface area contributed by atoms with Crippen LogP contribution in [0.3, 0.4) is 0 Å². The lowest BCUT2D eigenvalue weighted by Gasteiger charge is -2.24. The van der Waals surface area contributed by atoms with Crippen LogP contribution in [-0.2, 0) is 17.8 Å². The van der Waals surface area contributed by atoms with E-state index in [1.807, 2.05) is 30.3 Å². The Morgan fingerprint density at radius 1 is 1.03 bits per heavy atom. The summed E-state index contributed by atoms with van der Waals surface area (Å²) in [4.78, 5) is 22.2. The van der Waals surface area contributed by atoms with Gasteiger partial charge in [0.2, 0.25) is 0 Å². The predicted molar refractivity (Wildman–Crippen MR) is 114 cm³/mol. The summed E-state index contributed by atoms with van der Waals surface area (Å²) in [5, 5.41) is 2.66. The summed E-state index contributed by atoms with van der Waals surface area (Å²) in [6, 6.07) is 13.7. The van der Waals surface area contributed by atoms with Crippen molar-refractivity contribution >= 4 is 21.7 Å². The summed E-state index contributed by atoms with van der Waals surface area (Å²) in [5.74, 6) is 0. The topological polar surface area (TPSA) is 57.0 Å². The zero-order valence-electron chi connectivity index (χ0n) is 16.6. The third-order valence-corrected chi connectivity index (χ3v) is 5.88. The summed E-state index contributed by atoms with van der Waals surface area (Å²) in [7, 11) is 0. The normalized spacial score (nSPS) is 15.1. The first-order valence-electron chi connectivity index (χ1n) is 10.2. The largest absolute Gasteiger partial charge is 0.381 e. The molecule has 0 unspecified atom stereocenters. The highest BCUT2D eigenvalue weighted by Gasteiger charge is 2.19. The molecule has 0 spiro atoms. The maximum atomic E-state index is 13.4. The number of hydrogen-bond donors (Lipinski definition) is 0. The third kappa shape index (κ3) is 3.37. The number of ether oxygens (including phenoxy) is 1. The molecule has 152 valence electrons. The Bertz CT molecular complexity index is 1260. The molecular weight excluding hydrogens is 381 g/mol. The van der Waals surface area contributed by atoms with E-state index in [-0.39, 0.29) is 11.6 Å². The second-order valence-electron chi connectivity index (χ2n) is 7.75. The summed E-state index contributed by atoms with van der Waals surface area (Å²) in [5.41, 5.74) is 3.16. The van der Waals surface area contributed by atoms with Crippen molar-refractivity contribution in [3.8, 4) is 0 Å². The van der Waals surface area contributed by atoms with Crippen molar-refractivity contribution in [1.29, 1.82) is 0 Å². The molecule has 5 rings (SSSR count). The number of benzene rings is 2. The molecule has 0 radical (unpaired) electrons. The standard InChI is InChI=1S/C24H22FN3O2/c25-13-18-6-5-16(14-26-18)11-17-12-22-23(21-4-2-1-3-20(17)21)27-15-28(24(22)29)19-7-9-30-10-8-19/h1-6,12,14-15,19H,7-11,13H2. The minimum Gasteiger partial charge on any atom is -0.381 e. The molecule has 2 aromatic heterocycles. The molecule has 3 heterocycles. The van der Waals surface area contributed by atoms with Crippen molar-refractivity contribution in [3.05, 3.63) is 82.2 Å². The molecule has 0 saturated carbocycles. The number of hydrogen-bond acceptors (Lipinski definition) is 4. The fraction of sp³-hybridized carbons (Fsp3) is 0.292. The number of pyridine rings is 1. The van der Waals surface area contributed by atoms with Crippen LogP contribution in [0.15, 0.2) is 59.8 Å². The first-order valence-corrected chi connectivity index (χ1v) is 10.2. The van der Waals surface area contributed by atoms with E-state index in [9.17, 15) is 9.18 Å². The van der Waals surface area contributed by atoms with Crippen LogP contribution in [0.2, 0.25) is 0 Å². The first kappa shape index (κ1) is 18.9. The molecule has 1 aliphatic rings. The number of halogens is 1. The van der Waals surface area contributed by atoms with Crippen LogP contribution in [0.4, 0.5) is 4.39 Å². The van der Waals surface area contributed by atoms with Crippen molar-refractivity contribution in [1.82, 2.24) is 14.5 Å². The van der Waals surface area contributed by atoms with Gasteiger partial charge in [0.25, 0.3) is 5.56 Å². The lowest BCUT2D eigenvalue weighted by atomic mass is 9.96. The van der Waals surface area contributed by atoms with Crippen molar-refractivity contribution in [3.63, 3.8) is 0 Å². The van der Waals surface area contributed by atoms with Gasteiger partial charge < -0.3 is 4.74 Å². The van der Waals surface area contributed by atoms with E-state index < -0.39 is 6.67 Å². The van der Waals surface area contributed by atoms with Gasteiger partial charge in [0.15, 0.2) is 0 Å². The van der Waals surface area contributed by atoms with Gasteiger partial charge in [-0.1, -0.05) is 30.3 Å². The quantitative estimate of drug-likeness (QED) is 0.475. The van der Waals surface area contributed by atoms with Crippen LogP contribution in [0.25, 0.3) is 21.7 Å². The summed E-state index contributed by atoms with van der Waals surface area (Å²) in [6.07, 6.45) is 5.64. The van der Waals surface area contributed by atoms with Crippen molar-refractivity contribution in [2.45, 2.75) is 32.0 Å². The molecule has 0 aliphatic carbocycles. The average Bonchev–Trinajstić information content (AvgIpc) is 2.81. The maximum Gasteiger partial charge on any atom is 0.261 e. The van der Waals surface area contributed by atoms with Crippen molar-refractivity contribution in [2.24, 2.45) is 0 Å². The number of rotatable bonds is 4. The van der Waals surface area contributed by atoms with Gasteiger partial charge >= 0.3 is 0 Å². The van der Waals surface area contributed by atoms with Gasteiger partial charge in [-0.15, -0.1) is 0 Å². The number of fused-ring (bicyclic) bond motifs is 3. The molecule has 1 aliphatic heterocycles. The molecule has 0 bridgehead atoms. The maximum absolute atomic E-state index is 13.4. The number of alkyl halides is 1. The van der Waals surface area contributed by atoms with Gasteiger partial charge in [-0.2, -0.15) is 0 Å². The van der Waals surface area contributed by atoms with Gasteiger partial charge in [-0.25, -0.2) is 9.37 Å². The molecule has 4 aromatic rings. The highest BCUT2D eigenvalue weighted by Crippen LogP contribution is 2.28. The molecule has 0 N–H and O–H groups in total. The molecule has 1 fully saturated rings. The Balaban J connectivity index is 1.66. The minimum absolute atomic E-state index is 0.00944. The Kier molecular flexibility index (Phi) is 5.01. The van der Waals surface area contributed by atoms with E-state index in [1.165, 1.54) is 0 Å². The molecule has 30 heavy (non-hydrogen) atoms. The Morgan fingerprint density at radius 3 is 2.57 bits per heavy atom. The molecule has 2 aromatic carbocycles. The number of nitrogens with zero attached hydrogens (tertiary/aromatic N) is 3. The van der Waals surface area contributed by atoms with Crippen LogP contribution in [0.5, 0.6) is 0 Å². The lowest BCUT2D eigenvalue weighted by molar-refractivity contribution is 0.0685. The fourth-order valence-electron chi connectivity index (χ4n) is 4.28. The SMILES string of the molecule is O=c1c2cc(Cc3ccc(CF)nc3)c3ccccc3c2ncn1C1CCOCC1. The van der Waals surface area contributed by atoms with Gasteiger partial charge in [0.1, 0.15) is 6.67 Å². The number of aromatic nitrogens is 3. The van der Waals surface area contributed by atoms with Crippen LogP contribution in [-0.4, -0.2) is 27.7 Å². The minimum atomic E-state index is -0.573. The summed E-state index contributed by atoms with van der Waals surface area (Å²) >= 11 is 0. The second-order valence-corrected chi connectivity index (χ2v) is 7.75. The molecule has 0 amide bonds. The van der Waals surface area contributed by atoms with Crippen molar-refractivity contribution < 1.29 is 9.13 Å². The van der Waals surface area contributed by atoms with Gasteiger partial charge in [-0.05, 0) is 47.9 Å². The van der Waals surface area contributed by atoms with Gasteiger partial charge in [0.05, 0.1) is 22.9 Å². The molecule has 1 saturated heterocycles. The fourth-order valence-corrected chi connectivity index (χ4v) is 4.28. The monoisotopic (exact) mass is 403 g/mol. The zero-order chi connectivity index (χ0) is 20.5. The molecule has 5 nitrogen and oxygen atoms in total. The van der Waals surface area contributed by atoms with E-state index in [1.54, 1.807) is 23.2 Å². The molecule has 6 heteroatoms. The van der Waals surface area contributed by atoms with Gasteiger partial charge in [0, 0.05) is 30.8 Å². The molecule has 0 atom stereocenters. The van der Waals surface area contributed by atoms with E-state index in [4.69, 9.17) is 4.74 Å². The van der Waals surface area contributed by atoms with E-state index in [2.05, 4.69) is 16.0 Å². The predicted octanol–water partition coefficient (Wildman–Crippen LogP) is 4.36. The van der Waals surface area contributed by atoms with E-state index in [0.29, 0.717) is 30.7 Å². The molecular formula is C24H22FN3O2. The van der Waals surface area contributed by atoms with Crippen molar-refractivity contribution in [2.75, 3.05) is 13.2 Å². The Hall–Kier alpha value is -3.12. The summed E-state index contributed by atoms with van der Waals surface area (Å²) in [6.45, 7) is 0.760. The second kappa shape index (κ2) is 7.95. The lowest BCUT2D eigenvalue weighted by Crippen LogP contribution is -2.29. The Labute approximate surface area is 173 Å². The average molecular weight is 403 g/mol.